The van der Waals surface area contributed by atoms with Crippen molar-refractivity contribution >= 4 is 34.8 Å². The SMILES string of the molecule is NC(Cc1cc(Cl)ccc1Cl)c1ccc(Cl)cc1. The molecule has 0 saturated heterocycles. The summed E-state index contributed by atoms with van der Waals surface area (Å²) in [6.45, 7) is 0. The minimum absolute atomic E-state index is 0.127. The van der Waals surface area contributed by atoms with Crippen molar-refractivity contribution in [3.05, 3.63) is 68.7 Å². The van der Waals surface area contributed by atoms with Gasteiger partial charge in [0.25, 0.3) is 0 Å². The highest BCUT2D eigenvalue weighted by molar-refractivity contribution is 6.33. The van der Waals surface area contributed by atoms with E-state index in [9.17, 15) is 0 Å². The molecule has 0 radical (unpaired) electrons. The molecule has 0 aromatic heterocycles. The van der Waals surface area contributed by atoms with E-state index in [2.05, 4.69) is 0 Å². The van der Waals surface area contributed by atoms with Gasteiger partial charge in [0, 0.05) is 21.1 Å². The molecule has 18 heavy (non-hydrogen) atoms. The van der Waals surface area contributed by atoms with Gasteiger partial charge in [-0.3, -0.25) is 0 Å². The number of rotatable bonds is 3. The van der Waals surface area contributed by atoms with E-state index in [1.807, 2.05) is 30.3 Å². The quantitative estimate of drug-likeness (QED) is 0.858. The molecule has 0 bridgehead atoms. The van der Waals surface area contributed by atoms with Gasteiger partial charge < -0.3 is 5.73 Å². The van der Waals surface area contributed by atoms with E-state index in [0.717, 1.165) is 11.1 Å². The maximum Gasteiger partial charge on any atom is 0.0439 e. The van der Waals surface area contributed by atoms with Crippen LogP contribution in [0.4, 0.5) is 0 Å². The summed E-state index contributed by atoms with van der Waals surface area (Å²) in [4.78, 5) is 0. The summed E-state index contributed by atoms with van der Waals surface area (Å²) < 4.78 is 0. The normalized spacial score (nSPS) is 12.4. The highest BCUT2D eigenvalue weighted by atomic mass is 35.5. The molecule has 0 aliphatic carbocycles. The first-order valence-electron chi connectivity index (χ1n) is 5.51. The molecule has 2 rings (SSSR count). The second-order valence-corrected chi connectivity index (χ2v) is 5.38. The van der Waals surface area contributed by atoms with Gasteiger partial charge in [0.15, 0.2) is 0 Å². The van der Waals surface area contributed by atoms with Crippen LogP contribution in [0.2, 0.25) is 15.1 Å². The first-order valence-corrected chi connectivity index (χ1v) is 6.64. The van der Waals surface area contributed by atoms with E-state index in [1.165, 1.54) is 0 Å². The van der Waals surface area contributed by atoms with Crippen molar-refractivity contribution in [1.29, 1.82) is 0 Å². The third-order valence-corrected chi connectivity index (χ3v) is 3.60. The topological polar surface area (TPSA) is 26.0 Å². The predicted molar refractivity (Wildman–Crippen MR) is 78.5 cm³/mol. The first kappa shape index (κ1) is 13.7. The van der Waals surface area contributed by atoms with E-state index in [4.69, 9.17) is 40.5 Å². The fraction of sp³-hybridized carbons (Fsp3) is 0.143. The van der Waals surface area contributed by atoms with Gasteiger partial charge in [-0.15, -0.1) is 0 Å². The van der Waals surface area contributed by atoms with Crippen LogP contribution in [0.5, 0.6) is 0 Å². The summed E-state index contributed by atoms with van der Waals surface area (Å²) in [5, 5.41) is 2.05. The van der Waals surface area contributed by atoms with Crippen LogP contribution in [0.15, 0.2) is 42.5 Å². The molecule has 0 spiro atoms. The Kier molecular flexibility index (Phi) is 4.52. The van der Waals surface area contributed by atoms with Crippen LogP contribution < -0.4 is 5.73 Å². The molecule has 0 amide bonds. The van der Waals surface area contributed by atoms with Crippen LogP contribution >= 0.6 is 34.8 Å². The van der Waals surface area contributed by atoms with Gasteiger partial charge in [-0.05, 0) is 47.9 Å². The van der Waals surface area contributed by atoms with Crippen molar-refractivity contribution in [3.63, 3.8) is 0 Å². The minimum atomic E-state index is -0.127. The number of hydrogen-bond donors (Lipinski definition) is 1. The molecule has 4 heteroatoms. The zero-order chi connectivity index (χ0) is 13.1. The first-order chi connectivity index (χ1) is 8.56. The molecule has 94 valence electrons. The molecule has 1 unspecified atom stereocenters. The lowest BCUT2D eigenvalue weighted by atomic mass is 10.00. The molecule has 0 saturated carbocycles. The van der Waals surface area contributed by atoms with Crippen molar-refractivity contribution in [2.75, 3.05) is 0 Å². The molecule has 0 aliphatic heterocycles. The van der Waals surface area contributed by atoms with Crippen molar-refractivity contribution in [3.8, 4) is 0 Å². The Labute approximate surface area is 121 Å². The Balaban J connectivity index is 2.18. The zero-order valence-corrected chi connectivity index (χ0v) is 11.8. The second kappa shape index (κ2) is 5.94. The van der Waals surface area contributed by atoms with E-state index >= 15 is 0 Å². The second-order valence-electron chi connectivity index (χ2n) is 4.10. The Hall–Kier alpha value is -0.730. The van der Waals surface area contributed by atoms with Crippen LogP contribution in [-0.2, 0) is 6.42 Å². The Morgan fingerprint density at radius 1 is 0.889 bits per heavy atom. The van der Waals surface area contributed by atoms with Crippen LogP contribution in [0.25, 0.3) is 0 Å². The van der Waals surface area contributed by atoms with Crippen LogP contribution in [0.3, 0.4) is 0 Å². The fourth-order valence-electron chi connectivity index (χ4n) is 1.76. The minimum Gasteiger partial charge on any atom is -0.324 e. The molecular weight excluding hydrogens is 289 g/mol. The van der Waals surface area contributed by atoms with E-state index in [0.29, 0.717) is 21.5 Å². The number of nitrogens with two attached hydrogens (primary N) is 1. The summed E-state index contributed by atoms with van der Waals surface area (Å²) in [5.74, 6) is 0. The molecule has 2 N–H and O–H groups in total. The molecule has 2 aromatic rings. The van der Waals surface area contributed by atoms with Gasteiger partial charge in [0.1, 0.15) is 0 Å². The van der Waals surface area contributed by atoms with E-state index in [-0.39, 0.29) is 6.04 Å². The summed E-state index contributed by atoms with van der Waals surface area (Å²) >= 11 is 17.9. The zero-order valence-electron chi connectivity index (χ0n) is 9.54. The monoisotopic (exact) mass is 299 g/mol. The molecule has 1 atom stereocenters. The largest absolute Gasteiger partial charge is 0.324 e. The van der Waals surface area contributed by atoms with Gasteiger partial charge in [-0.25, -0.2) is 0 Å². The third kappa shape index (κ3) is 3.39. The highest BCUT2D eigenvalue weighted by Gasteiger charge is 2.10. The molecule has 0 aliphatic rings. The Morgan fingerprint density at radius 3 is 2.17 bits per heavy atom. The van der Waals surface area contributed by atoms with Crippen LogP contribution in [-0.4, -0.2) is 0 Å². The standard InChI is InChI=1S/C14H12Cl3N/c15-11-3-1-9(2-4-11)14(18)8-10-7-12(16)5-6-13(10)17/h1-7,14H,8,18H2. The lowest BCUT2D eigenvalue weighted by Crippen LogP contribution is -2.13. The van der Waals surface area contributed by atoms with E-state index in [1.54, 1.807) is 12.1 Å². The molecule has 1 nitrogen and oxygen atoms in total. The number of hydrogen-bond acceptors (Lipinski definition) is 1. The Morgan fingerprint density at radius 2 is 1.50 bits per heavy atom. The maximum absolute atomic E-state index is 6.15. The molecule has 0 heterocycles. The lowest BCUT2D eigenvalue weighted by molar-refractivity contribution is 0.722. The summed E-state index contributed by atoms with van der Waals surface area (Å²) in [5.41, 5.74) is 8.13. The van der Waals surface area contributed by atoms with Gasteiger partial charge >= 0.3 is 0 Å². The average Bonchev–Trinajstić information content (AvgIpc) is 2.34. The smallest absolute Gasteiger partial charge is 0.0439 e. The summed E-state index contributed by atoms with van der Waals surface area (Å²) in [6.07, 6.45) is 0.640. The summed E-state index contributed by atoms with van der Waals surface area (Å²) in [6, 6.07) is 12.8. The van der Waals surface area contributed by atoms with Crippen LogP contribution in [0.1, 0.15) is 17.2 Å². The third-order valence-electron chi connectivity index (χ3n) is 2.75. The summed E-state index contributed by atoms with van der Waals surface area (Å²) in [7, 11) is 0. The lowest BCUT2D eigenvalue weighted by Gasteiger charge is -2.13. The van der Waals surface area contributed by atoms with Crippen LogP contribution in [0, 0.1) is 0 Å². The highest BCUT2D eigenvalue weighted by Crippen LogP contribution is 2.25. The van der Waals surface area contributed by atoms with E-state index < -0.39 is 0 Å². The van der Waals surface area contributed by atoms with Gasteiger partial charge in [0.2, 0.25) is 0 Å². The number of benzene rings is 2. The van der Waals surface area contributed by atoms with Crippen molar-refractivity contribution < 1.29 is 0 Å². The predicted octanol–water partition coefficient (Wildman–Crippen LogP) is 4.89. The Bertz CT molecular complexity index is 537. The van der Waals surface area contributed by atoms with Gasteiger partial charge in [-0.2, -0.15) is 0 Å². The van der Waals surface area contributed by atoms with Gasteiger partial charge in [0.05, 0.1) is 0 Å². The number of halogens is 3. The van der Waals surface area contributed by atoms with Crippen molar-refractivity contribution in [1.82, 2.24) is 0 Å². The van der Waals surface area contributed by atoms with Crippen molar-refractivity contribution in [2.45, 2.75) is 12.5 Å². The molecule has 2 aromatic carbocycles. The fourth-order valence-corrected chi connectivity index (χ4v) is 2.28. The van der Waals surface area contributed by atoms with Crippen molar-refractivity contribution in [2.24, 2.45) is 5.73 Å². The molecule has 0 fully saturated rings. The maximum atomic E-state index is 6.15. The average molecular weight is 301 g/mol. The van der Waals surface area contributed by atoms with Gasteiger partial charge in [-0.1, -0.05) is 46.9 Å². The molecular formula is C14H12Cl3N.